The van der Waals surface area contributed by atoms with Crippen molar-refractivity contribution in [1.29, 1.82) is 0 Å². The first-order valence-corrected chi connectivity index (χ1v) is 9.76. The standard InChI is InChI=1S/C19H19N3O3S/c1-2-26(23,24)22-15-12-13-19(20-14-15)21-17-10-6-7-11-18(17)25-16-8-4-3-5-9-16/h3-14,22H,2H2,1H3,(H,20,21). The molecule has 0 bridgehead atoms. The Hall–Kier alpha value is -3.06. The van der Waals surface area contributed by atoms with Crippen molar-refractivity contribution in [3.8, 4) is 11.5 Å². The second-order valence-electron chi connectivity index (χ2n) is 5.47. The van der Waals surface area contributed by atoms with Gasteiger partial charge in [-0.2, -0.15) is 0 Å². The molecule has 0 atom stereocenters. The van der Waals surface area contributed by atoms with Crippen molar-refractivity contribution in [2.75, 3.05) is 15.8 Å². The van der Waals surface area contributed by atoms with E-state index in [0.29, 0.717) is 17.3 Å². The van der Waals surface area contributed by atoms with E-state index >= 15 is 0 Å². The van der Waals surface area contributed by atoms with E-state index in [0.717, 1.165) is 11.4 Å². The molecule has 2 N–H and O–H groups in total. The number of aromatic nitrogens is 1. The van der Waals surface area contributed by atoms with E-state index in [1.54, 1.807) is 19.1 Å². The smallest absolute Gasteiger partial charge is 0.232 e. The highest BCUT2D eigenvalue weighted by molar-refractivity contribution is 7.92. The summed E-state index contributed by atoms with van der Waals surface area (Å²) in [6.45, 7) is 1.58. The van der Waals surface area contributed by atoms with Crippen LogP contribution in [0.1, 0.15) is 6.92 Å². The number of para-hydroxylation sites is 3. The zero-order chi connectivity index (χ0) is 18.4. The molecule has 0 saturated carbocycles. The average molecular weight is 369 g/mol. The number of hydrogen-bond donors (Lipinski definition) is 2. The molecular weight excluding hydrogens is 350 g/mol. The van der Waals surface area contributed by atoms with Crippen LogP contribution in [0.5, 0.6) is 11.5 Å². The number of pyridine rings is 1. The lowest BCUT2D eigenvalue weighted by Crippen LogP contribution is -2.14. The normalized spacial score (nSPS) is 11.0. The van der Waals surface area contributed by atoms with Crippen LogP contribution in [0.25, 0.3) is 0 Å². The Bertz CT molecular complexity index is 959. The number of sulfonamides is 1. The van der Waals surface area contributed by atoms with Gasteiger partial charge in [-0.1, -0.05) is 30.3 Å². The lowest BCUT2D eigenvalue weighted by atomic mass is 10.2. The molecule has 0 radical (unpaired) electrons. The van der Waals surface area contributed by atoms with Crippen molar-refractivity contribution in [3.05, 3.63) is 72.9 Å². The number of ether oxygens (including phenoxy) is 1. The minimum atomic E-state index is -3.32. The van der Waals surface area contributed by atoms with E-state index in [4.69, 9.17) is 4.74 Å². The highest BCUT2D eigenvalue weighted by Crippen LogP contribution is 2.31. The van der Waals surface area contributed by atoms with Crippen molar-refractivity contribution in [3.63, 3.8) is 0 Å². The van der Waals surface area contributed by atoms with Gasteiger partial charge in [-0.25, -0.2) is 13.4 Å². The zero-order valence-corrected chi connectivity index (χ0v) is 15.0. The summed E-state index contributed by atoms with van der Waals surface area (Å²) in [6, 6.07) is 20.4. The summed E-state index contributed by atoms with van der Waals surface area (Å²) in [5.74, 6) is 1.99. The lowest BCUT2D eigenvalue weighted by Gasteiger charge is -2.13. The van der Waals surface area contributed by atoms with Crippen LogP contribution in [0.2, 0.25) is 0 Å². The van der Waals surface area contributed by atoms with Gasteiger partial charge in [-0.05, 0) is 43.3 Å². The molecule has 0 aliphatic carbocycles. The molecule has 134 valence electrons. The van der Waals surface area contributed by atoms with E-state index in [1.807, 2.05) is 54.6 Å². The molecule has 0 aliphatic heterocycles. The van der Waals surface area contributed by atoms with Crippen LogP contribution in [0, 0.1) is 0 Å². The largest absolute Gasteiger partial charge is 0.455 e. The first kappa shape index (κ1) is 17.8. The predicted octanol–water partition coefficient (Wildman–Crippen LogP) is 4.38. The van der Waals surface area contributed by atoms with Gasteiger partial charge in [0.15, 0.2) is 5.75 Å². The van der Waals surface area contributed by atoms with Gasteiger partial charge in [0.05, 0.1) is 23.3 Å². The first-order chi connectivity index (χ1) is 12.6. The summed E-state index contributed by atoms with van der Waals surface area (Å²) in [4.78, 5) is 4.25. The lowest BCUT2D eigenvalue weighted by molar-refractivity contribution is 0.485. The molecule has 0 spiro atoms. The van der Waals surface area contributed by atoms with Gasteiger partial charge in [0, 0.05) is 0 Å². The summed E-state index contributed by atoms with van der Waals surface area (Å²) >= 11 is 0. The molecule has 1 aromatic heterocycles. The van der Waals surface area contributed by atoms with E-state index in [1.165, 1.54) is 6.20 Å². The fraction of sp³-hybridized carbons (Fsp3) is 0.105. The van der Waals surface area contributed by atoms with Gasteiger partial charge in [-0.3, -0.25) is 4.72 Å². The van der Waals surface area contributed by atoms with Crippen molar-refractivity contribution in [2.24, 2.45) is 0 Å². The Morgan fingerprint density at radius 2 is 1.69 bits per heavy atom. The number of hydrogen-bond acceptors (Lipinski definition) is 5. The van der Waals surface area contributed by atoms with Gasteiger partial charge < -0.3 is 10.1 Å². The molecule has 2 aromatic carbocycles. The number of rotatable bonds is 7. The summed E-state index contributed by atoms with van der Waals surface area (Å²) < 4.78 is 31.5. The van der Waals surface area contributed by atoms with Crippen LogP contribution in [0.3, 0.4) is 0 Å². The minimum absolute atomic E-state index is 0.0111. The van der Waals surface area contributed by atoms with Crippen LogP contribution >= 0.6 is 0 Å². The Kier molecular flexibility index (Phi) is 5.38. The number of nitrogens with zero attached hydrogens (tertiary/aromatic N) is 1. The van der Waals surface area contributed by atoms with Crippen LogP contribution in [-0.2, 0) is 10.0 Å². The maximum absolute atomic E-state index is 11.6. The van der Waals surface area contributed by atoms with Crippen molar-refractivity contribution < 1.29 is 13.2 Å². The molecule has 0 saturated heterocycles. The summed E-state index contributed by atoms with van der Waals surface area (Å²) in [7, 11) is -3.32. The predicted molar refractivity (Wildman–Crippen MR) is 104 cm³/mol. The molecular formula is C19H19N3O3S. The second kappa shape index (κ2) is 7.88. The SMILES string of the molecule is CCS(=O)(=O)Nc1ccc(Nc2ccccc2Oc2ccccc2)nc1. The number of benzene rings is 2. The molecule has 0 unspecified atom stereocenters. The second-order valence-corrected chi connectivity index (χ2v) is 7.48. The van der Waals surface area contributed by atoms with Gasteiger partial charge in [0.25, 0.3) is 0 Å². The highest BCUT2D eigenvalue weighted by atomic mass is 32.2. The molecule has 1 heterocycles. The minimum Gasteiger partial charge on any atom is -0.455 e. The Morgan fingerprint density at radius 3 is 2.38 bits per heavy atom. The third-order valence-corrected chi connectivity index (χ3v) is 4.84. The Labute approximate surface area is 152 Å². The van der Waals surface area contributed by atoms with E-state index < -0.39 is 10.0 Å². The van der Waals surface area contributed by atoms with E-state index in [-0.39, 0.29) is 5.75 Å². The summed E-state index contributed by atoms with van der Waals surface area (Å²) in [6.07, 6.45) is 1.47. The Morgan fingerprint density at radius 1 is 0.962 bits per heavy atom. The molecule has 26 heavy (non-hydrogen) atoms. The van der Waals surface area contributed by atoms with Crippen LogP contribution in [0.4, 0.5) is 17.2 Å². The number of anilines is 3. The van der Waals surface area contributed by atoms with Crippen LogP contribution in [-0.4, -0.2) is 19.2 Å². The van der Waals surface area contributed by atoms with Gasteiger partial charge >= 0.3 is 0 Å². The van der Waals surface area contributed by atoms with Crippen molar-refractivity contribution in [1.82, 2.24) is 4.98 Å². The van der Waals surface area contributed by atoms with Gasteiger partial charge in [-0.15, -0.1) is 0 Å². The molecule has 3 aromatic rings. The Balaban J connectivity index is 1.75. The molecule has 7 heteroatoms. The van der Waals surface area contributed by atoms with Crippen LogP contribution < -0.4 is 14.8 Å². The topological polar surface area (TPSA) is 80.3 Å². The number of nitrogens with one attached hydrogen (secondary N) is 2. The van der Waals surface area contributed by atoms with E-state index in [2.05, 4.69) is 15.0 Å². The maximum atomic E-state index is 11.6. The highest BCUT2D eigenvalue weighted by Gasteiger charge is 2.08. The van der Waals surface area contributed by atoms with Gasteiger partial charge in [0.1, 0.15) is 11.6 Å². The van der Waals surface area contributed by atoms with Gasteiger partial charge in [0.2, 0.25) is 10.0 Å². The quantitative estimate of drug-likeness (QED) is 0.646. The molecule has 3 rings (SSSR count). The maximum Gasteiger partial charge on any atom is 0.232 e. The first-order valence-electron chi connectivity index (χ1n) is 8.11. The third kappa shape index (κ3) is 4.73. The monoisotopic (exact) mass is 369 g/mol. The van der Waals surface area contributed by atoms with Crippen LogP contribution in [0.15, 0.2) is 72.9 Å². The fourth-order valence-electron chi connectivity index (χ4n) is 2.19. The summed E-state index contributed by atoms with van der Waals surface area (Å²) in [5, 5.41) is 3.18. The summed E-state index contributed by atoms with van der Waals surface area (Å²) in [5.41, 5.74) is 1.18. The molecule has 6 nitrogen and oxygen atoms in total. The fourth-order valence-corrected chi connectivity index (χ4v) is 2.82. The van der Waals surface area contributed by atoms with E-state index in [9.17, 15) is 8.42 Å². The molecule has 0 fully saturated rings. The molecule has 0 amide bonds. The third-order valence-electron chi connectivity index (χ3n) is 3.54. The van der Waals surface area contributed by atoms with Crippen molar-refractivity contribution in [2.45, 2.75) is 6.92 Å². The zero-order valence-electron chi connectivity index (χ0n) is 14.2. The van der Waals surface area contributed by atoms with Crippen molar-refractivity contribution >= 4 is 27.2 Å². The average Bonchev–Trinajstić information content (AvgIpc) is 2.66. The molecule has 0 aliphatic rings.